The lowest BCUT2D eigenvalue weighted by atomic mass is 9.75. The summed E-state index contributed by atoms with van der Waals surface area (Å²) in [5.74, 6) is 1.88. The van der Waals surface area contributed by atoms with E-state index >= 15 is 0 Å². The third kappa shape index (κ3) is 5.31. The van der Waals surface area contributed by atoms with Gasteiger partial charge in [-0.05, 0) is 59.1 Å². The lowest BCUT2D eigenvalue weighted by Gasteiger charge is -2.37. The summed E-state index contributed by atoms with van der Waals surface area (Å²) in [6, 6.07) is 31.3. The van der Waals surface area contributed by atoms with Crippen LogP contribution in [0.15, 0.2) is 91.0 Å². The van der Waals surface area contributed by atoms with E-state index in [0.29, 0.717) is 24.4 Å². The van der Waals surface area contributed by atoms with Crippen LogP contribution in [-0.4, -0.2) is 18.7 Å². The molecule has 2 aliphatic rings. The van der Waals surface area contributed by atoms with Gasteiger partial charge in [-0.3, -0.25) is 4.79 Å². The predicted octanol–water partition coefficient (Wildman–Crippen LogP) is 7.88. The van der Waals surface area contributed by atoms with Gasteiger partial charge in [0.1, 0.15) is 11.7 Å². The van der Waals surface area contributed by atoms with E-state index < -0.39 is 5.60 Å². The fourth-order valence-electron chi connectivity index (χ4n) is 6.66. The van der Waals surface area contributed by atoms with E-state index in [1.54, 1.807) is 0 Å². The van der Waals surface area contributed by atoms with Crippen LogP contribution in [0.5, 0.6) is 0 Å². The minimum Gasteiger partial charge on any atom is -0.462 e. The first-order chi connectivity index (χ1) is 18.4. The smallest absolute Gasteiger partial charge is 0.309 e. The van der Waals surface area contributed by atoms with Crippen LogP contribution in [0.25, 0.3) is 0 Å². The van der Waals surface area contributed by atoms with Crippen molar-refractivity contribution >= 4 is 5.97 Å². The summed E-state index contributed by atoms with van der Waals surface area (Å²) < 4.78 is 13.3. The van der Waals surface area contributed by atoms with Crippen molar-refractivity contribution in [2.45, 2.75) is 58.7 Å². The summed E-state index contributed by atoms with van der Waals surface area (Å²) in [7, 11) is 0. The Hall–Kier alpha value is -2.91. The minimum atomic E-state index is -0.762. The van der Waals surface area contributed by atoms with Gasteiger partial charge in [-0.15, -0.1) is 0 Å². The number of esters is 1. The Balaban J connectivity index is 1.38. The summed E-state index contributed by atoms with van der Waals surface area (Å²) in [6.07, 6.45) is 3.40. The van der Waals surface area contributed by atoms with Crippen LogP contribution >= 0.6 is 0 Å². The lowest BCUT2D eigenvalue weighted by molar-refractivity contribution is -0.158. The van der Waals surface area contributed by atoms with E-state index in [2.05, 4.69) is 100 Å². The zero-order valence-corrected chi connectivity index (χ0v) is 23.3. The molecule has 0 saturated heterocycles. The Morgan fingerprint density at radius 3 is 1.79 bits per heavy atom. The van der Waals surface area contributed by atoms with Crippen LogP contribution in [0, 0.1) is 35.5 Å². The van der Waals surface area contributed by atoms with Crippen molar-refractivity contribution in [3.8, 4) is 0 Å². The molecule has 3 nitrogen and oxygen atoms in total. The summed E-state index contributed by atoms with van der Waals surface area (Å²) in [5, 5.41) is 0. The first-order valence-corrected chi connectivity index (χ1v) is 14.4. The van der Waals surface area contributed by atoms with Gasteiger partial charge in [-0.25, -0.2) is 0 Å². The molecule has 6 unspecified atom stereocenters. The summed E-state index contributed by atoms with van der Waals surface area (Å²) in [5.41, 5.74) is 2.49. The van der Waals surface area contributed by atoms with Crippen LogP contribution in [0.2, 0.25) is 0 Å². The van der Waals surface area contributed by atoms with Crippen LogP contribution in [0.4, 0.5) is 0 Å². The Kier molecular flexibility index (Phi) is 8.04. The van der Waals surface area contributed by atoms with Crippen molar-refractivity contribution < 1.29 is 14.3 Å². The molecule has 6 atom stereocenters. The van der Waals surface area contributed by atoms with Crippen LogP contribution in [0.3, 0.4) is 0 Å². The van der Waals surface area contributed by atoms with E-state index in [1.165, 1.54) is 6.42 Å². The van der Waals surface area contributed by atoms with Gasteiger partial charge in [0.25, 0.3) is 0 Å². The molecule has 3 heteroatoms. The van der Waals surface area contributed by atoms with Gasteiger partial charge in [0.2, 0.25) is 0 Å². The minimum absolute atomic E-state index is 0.0272. The quantitative estimate of drug-likeness (QED) is 0.217. The van der Waals surface area contributed by atoms with Crippen molar-refractivity contribution in [3.63, 3.8) is 0 Å². The maximum absolute atomic E-state index is 13.4. The van der Waals surface area contributed by atoms with Gasteiger partial charge >= 0.3 is 5.97 Å². The zero-order chi connectivity index (χ0) is 26.7. The average molecular weight is 511 g/mol. The van der Waals surface area contributed by atoms with E-state index in [0.717, 1.165) is 29.5 Å². The fraction of sp³-hybridized carbons (Fsp3) is 0.457. The molecule has 0 aliphatic heterocycles. The second-order valence-corrected chi connectivity index (χ2v) is 11.9. The highest BCUT2D eigenvalue weighted by atomic mass is 16.5. The van der Waals surface area contributed by atoms with Gasteiger partial charge in [0.15, 0.2) is 0 Å². The molecular formula is C35H42O3. The Bertz CT molecular complexity index is 1080. The second-order valence-electron chi connectivity index (χ2n) is 11.9. The van der Waals surface area contributed by atoms with Crippen molar-refractivity contribution in [3.05, 3.63) is 108 Å². The monoisotopic (exact) mass is 510 g/mol. The molecule has 2 fully saturated rings. The van der Waals surface area contributed by atoms with Gasteiger partial charge in [-0.1, -0.05) is 125 Å². The third-order valence-corrected chi connectivity index (χ3v) is 9.10. The highest BCUT2D eigenvalue weighted by molar-refractivity contribution is 5.76. The van der Waals surface area contributed by atoms with Gasteiger partial charge in [0, 0.05) is 0 Å². The molecule has 0 amide bonds. The molecule has 0 aromatic heterocycles. The summed E-state index contributed by atoms with van der Waals surface area (Å²) >= 11 is 0. The molecule has 0 N–H and O–H groups in total. The largest absolute Gasteiger partial charge is 0.462 e. The summed E-state index contributed by atoms with van der Waals surface area (Å²) in [6.45, 7) is 9.46. The second kappa shape index (κ2) is 11.5. The Morgan fingerprint density at radius 1 is 0.816 bits per heavy atom. The molecule has 5 rings (SSSR count). The molecule has 0 spiro atoms. The van der Waals surface area contributed by atoms with E-state index in [4.69, 9.17) is 9.47 Å². The van der Waals surface area contributed by atoms with Crippen molar-refractivity contribution in [2.24, 2.45) is 35.5 Å². The normalized spacial score (nSPS) is 27.2. The Morgan fingerprint density at radius 2 is 1.32 bits per heavy atom. The molecule has 2 saturated carbocycles. The predicted molar refractivity (Wildman–Crippen MR) is 153 cm³/mol. The Labute approximate surface area is 228 Å². The fourth-order valence-corrected chi connectivity index (χ4v) is 6.66. The number of benzene rings is 3. The molecule has 200 valence electrons. The number of ether oxygens (including phenoxy) is 2. The summed E-state index contributed by atoms with van der Waals surface area (Å²) in [4.78, 5) is 13.4. The number of hydrogen-bond donors (Lipinski definition) is 0. The number of carbonyl (C=O) groups excluding carboxylic acids is 1. The molecule has 38 heavy (non-hydrogen) atoms. The van der Waals surface area contributed by atoms with Crippen LogP contribution in [-0.2, 0) is 19.9 Å². The van der Waals surface area contributed by atoms with Crippen molar-refractivity contribution in [1.82, 2.24) is 0 Å². The van der Waals surface area contributed by atoms with E-state index in [1.807, 2.05) is 18.2 Å². The standard InChI is InChI=1S/C35H42O3/c1-24(2)30-21-20-25(3)22-32(30)38-34(36)33-26(4)31(33)23-37-35(27-14-8-5-9-15-27,28-16-10-6-11-17-28)29-18-12-7-13-19-29/h5-19,24-26,30-33H,20-23H2,1-4H3. The number of carbonyl (C=O) groups is 1. The number of hydrogen-bond acceptors (Lipinski definition) is 3. The van der Waals surface area contributed by atoms with Gasteiger partial charge in [0.05, 0.1) is 12.5 Å². The van der Waals surface area contributed by atoms with Crippen molar-refractivity contribution in [2.75, 3.05) is 6.61 Å². The van der Waals surface area contributed by atoms with Gasteiger partial charge in [-0.2, -0.15) is 0 Å². The molecule has 0 heterocycles. The highest BCUT2D eigenvalue weighted by Gasteiger charge is 2.55. The van der Waals surface area contributed by atoms with E-state index in [-0.39, 0.29) is 29.8 Å². The maximum Gasteiger partial charge on any atom is 0.309 e. The third-order valence-electron chi connectivity index (χ3n) is 9.10. The topological polar surface area (TPSA) is 35.5 Å². The molecule has 0 bridgehead atoms. The first-order valence-electron chi connectivity index (χ1n) is 14.4. The molecular weight excluding hydrogens is 468 g/mol. The van der Waals surface area contributed by atoms with Crippen LogP contribution in [0.1, 0.15) is 63.6 Å². The first kappa shape index (κ1) is 26.7. The lowest BCUT2D eigenvalue weighted by Crippen LogP contribution is -2.36. The molecule has 3 aromatic carbocycles. The highest BCUT2D eigenvalue weighted by Crippen LogP contribution is 2.50. The molecule has 3 aromatic rings. The van der Waals surface area contributed by atoms with Crippen LogP contribution < -0.4 is 0 Å². The SMILES string of the molecule is CC1CCC(C(C)C)C(OC(=O)C2C(C)C2COC(c2ccccc2)(c2ccccc2)c2ccccc2)C1. The molecule has 2 aliphatic carbocycles. The van der Waals surface area contributed by atoms with Gasteiger partial charge < -0.3 is 9.47 Å². The van der Waals surface area contributed by atoms with Crippen molar-refractivity contribution in [1.29, 1.82) is 0 Å². The number of rotatable bonds is 9. The maximum atomic E-state index is 13.4. The average Bonchev–Trinajstić information content (AvgIpc) is 3.60. The molecule has 0 radical (unpaired) electrons. The zero-order valence-electron chi connectivity index (χ0n) is 23.3. The van der Waals surface area contributed by atoms with E-state index in [9.17, 15) is 4.79 Å².